The summed E-state index contributed by atoms with van der Waals surface area (Å²) in [5, 5.41) is 13.8. The van der Waals surface area contributed by atoms with Gasteiger partial charge in [0.15, 0.2) is 11.5 Å². The van der Waals surface area contributed by atoms with Crippen molar-refractivity contribution in [2.45, 2.75) is 25.9 Å². The smallest absolute Gasteiger partial charge is 0.179 e. The van der Waals surface area contributed by atoms with E-state index in [1.807, 2.05) is 19.1 Å². The molecule has 1 saturated heterocycles. The quantitative estimate of drug-likeness (QED) is 0.837. The molecule has 124 valence electrons. The second-order valence-electron chi connectivity index (χ2n) is 5.46. The Morgan fingerprint density at radius 3 is 2.86 bits per heavy atom. The molecule has 2 rings (SSSR count). The number of ether oxygens (including phenoxy) is 2. The van der Waals surface area contributed by atoms with Crippen molar-refractivity contribution in [2.75, 3.05) is 40.0 Å². The molecule has 6 heteroatoms. The fraction of sp³-hybridized carbons (Fsp3) is 0.625. The van der Waals surface area contributed by atoms with Crippen LogP contribution in [-0.2, 0) is 0 Å². The van der Waals surface area contributed by atoms with E-state index in [0.717, 1.165) is 25.2 Å². The molecule has 2 N–H and O–H groups in total. The average Bonchev–Trinajstić information content (AvgIpc) is 2.50. The van der Waals surface area contributed by atoms with E-state index in [-0.39, 0.29) is 12.6 Å². The SMILES string of the molecule is CCOc1cc(C(CO)N2CCNCC2C)cc(Cl)c1OC. The molecule has 1 aromatic carbocycles. The molecule has 0 saturated carbocycles. The van der Waals surface area contributed by atoms with Crippen LogP contribution in [0.5, 0.6) is 11.5 Å². The van der Waals surface area contributed by atoms with Gasteiger partial charge in [-0.2, -0.15) is 0 Å². The molecule has 1 aliphatic rings. The molecule has 2 atom stereocenters. The first-order valence-electron chi connectivity index (χ1n) is 7.69. The lowest BCUT2D eigenvalue weighted by atomic mass is 10.0. The average molecular weight is 329 g/mol. The van der Waals surface area contributed by atoms with E-state index in [1.54, 1.807) is 7.11 Å². The number of nitrogens with zero attached hydrogens (tertiary/aromatic N) is 1. The zero-order valence-corrected chi connectivity index (χ0v) is 14.2. The summed E-state index contributed by atoms with van der Waals surface area (Å²) in [6.45, 7) is 7.37. The van der Waals surface area contributed by atoms with Crippen LogP contribution in [0.4, 0.5) is 0 Å². The monoisotopic (exact) mass is 328 g/mol. The van der Waals surface area contributed by atoms with Crippen LogP contribution in [0, 0.1) is 0 Å². The van der Waals surface area contributed by atoms with E-state index in [9.17, 15) is 5.11 Å². The van der Waals surface area contributed by atoms with Crippen LogP contribution in [0.3, 0.4) is 0 Å². The standard InChI is InChI=1S/C16H25ClN2O3/c1-4-22-15-8-12(7-13(17)16(15)21-3)14(10-20)19-6-5-18-9-11(19)2/h7-8,11,14,18,20H,4-6,9-10H2,1-3H3. The molecular weight excluding hydrogens is 304 g/mol. The van der Waals surface area contributed by atoms with E-state index in [1.165, 1.54) is 0 Å². The minimum absolute atomic E-state index is 0.0402. The molecule has 5 nitrogen and oxygen atoms in total. The van der Waals surface area contributed by atoms with Gasteiger partial charge in [0, 0.05) is 25.7 Å². The minimum atomic E-state index is -0.0975. The summed E-state index contributed by atoms with van der Waals surface area (Å²) >= 11 is 6.33. The predicted molar refractivity (Wildman–Crippen MR) is 88.0 cm³/mol. The first-order valence-corrected chi connectivity index (χ1v) is 8.07. The summed E-state index contributed by atoms with van der Waals surface area (Å²) in [4.78, 5) is 2.30. The fourth-order valence-electron chi connectivity index (χ4n) is 2.96. The Morgan fingerprint density at radius 1 is 1.50 bits per heavy atom. The highest BCUT2D eigenvalue weighted by molar-refractivity contribution is 6.32. The van der Waals surface area contributed by atoms with Crippen molar-refractivity contribution in [2.24, 2.45) is 0 Å². The number of methoxy groups -OCH3 is 1. The molecule has 0 spiro atoms. The van der Waals surface area contributed by atoms with Crippen LogP contribution in [0.15, 0.2) is 12.1 Å². The normalized spacial score (nSPS) is 20.7. The number of halogens is 1. The van der Waals surface area contributed by atoms with Gasteiger partial charge in [-0.05, 0) is 31.5 Å². The lowest BCUT2D eigenvalue weighted by Gasteiger charge is -2.39. The molecule has 1 heterocycles. The van der Waals surface area contributed by atoms with Crippen LogP contribution >= 0.6 is 11.6 Å². The van der Waals surface area contributed by atoms with Crippen molar-refractivity contribution in [3.05, 3.63) is 22.7 Å². The van der Waals surface area contributed by atoms with Crippen LogP contribution in [0.2, 0.25) is 5.02 Å². The van der Waals surface area contributed by atoms with Gasteiger partial charge in [0.25, 0.3) is 0 Å². The number of hydrogen-bond acceptors (Lipinski definition) is 5. The van der Waals surface area contributed by atoms with Crippen molar-refractivity contribution in [1.82, 2.24) is 10.2 Å². The van der Waals surface area contributed by atoms with E-state index in [4.69, 9.17) is 21.1 Å². The number of benzene rings is 1. The van der Waals surface area contributed by atoms with Crippen LogP contribution < -0.4 is 14.8 Å². The van der Waals surface area contributed by atoms with E-state index >= 15 is 0 Å². The topological polar surface area (TPSA) is 54.0 Å². The third kappa shape index (κ3) is 3.66. The molecular formula is C16H25ClN2O3. The van der Waals surface area contributed by atoms with Crippen molar-refractivity contribution in [1.29, 1.82) is 0 Å². The Morgan fingerprint density at radius 2 is 2.27 bits per heavy atom. The number of rotatable bonds is 6. The summed E-state index contributed by atoms with van der Waals surface area (Å²) in [5.41, 5.74) is 0.950. The van der Waals surface area contributed by atoms with Gasteiger partial charge in [-0.15, -0.1) is 0 Å². The Labute approximate surface area is 137 Å². The maximum atomic E-state index is 9.91. The highest BCUT2D eigenvalue weighted by Crippen LogP contribution is 2.39. The number of aliphatic hydroxyl groups is 1. The third-order valence-corrected chi connectivity index (χ3v) is 4.33. The molecule has 1 aliphatic heterocycles. The van der Waals surface area contributed by atoms with Gasteiger partial charge in [0.1, 0.15) is 0 Å². The van der Waals surface area contributed by atoms with Gasteiger partial charge in [-0.25, -0.2) is 0 Å². The zero-order chi connectivity index (χ0) is 16.1. The van der Waals surface area contributed by atoms with Gasteiger partial charge in [0.2, 0.25) is 0 Å². The number of aliphatic hydroxyl groups excluding tert-OH is 1. The number of nitrogens with one attached hydrogen (secondary N) is 1. The summed E-state index contributed by atoms with van der Waals surface area (Å²) in [7, 11) is 1.57. The summed E-state index contributed by atoms with van der Waals surface area (Å²) in [5.74, 6) is 1.16. The molecule has 2 unspecified atom stereocenters. The van der Waals surface area contributed by atoms with Gasteiger partial charge in [0.05, 0.1) is 31.4 Å². The van der Waals surface area contributed by atoms with Crippen LogP contribution in [0.25, 0.3) is 0 Å². The minimum Gasteiger partial charge on any atom is -0.491 e. The molecule has 22 heavy (non-hydrogen) atoms. The fourth-order valence-corrected chi connectivity index (χ4v) is 3.26. The lowest BCUT2D eigenvalue weighted by Crippen LogP contribution is -2.51. The summed E-state index contributed by atoms with van der Waals surface area (Å²) in [6, 6.07) is 4.03. The lowest BCUT2D eigenvalue weighted by molar-refractivity contribution is 0.0721. The molecule has 1 fully saturated rings. The maximum absolute atomic E-state index is 9.91. The Bertz CT molecular complexity index is 499. The van der Waals surface area contributed by atoms with Gasteiger partial charge >= 0.3 is 0 Å². The Kier molecular flexibility index (Phi) is 6.32. The van der Waals surface area contributed by atoms with Gasteiger partial charge in [-0.1, -0.05) is 11.6 Å². The summed E-state index contributed by atoms with van der Waals surface area (Å²) < 4.78 is 11.0. The van der Waals surface area contributed by atoms with E-state index in [0.29, 0.717) is 29.2 Å². The molecule has 0 bridgehead atoms. The zero-order valence-electron chi connectivity index (χ0n) is 13.4. The van der Waals surface area contributed by atoms with E-state index < -0.39 is 0 Å². The number of hydrogen-bond donors (Lipinski definition) is 2. The number of piperazine rings is 1. The third-order valence-electron chi connectivity index (χ3n) is 4.05. The Balaban J connectivity index is 2.35. The highest BCUT2D eigenvalue weighted by atomic mass is 35.5. The predicted octanol–water partition coefficient (Wildman–Crippen LogP) is 2.07. The van der Waals surface area contributed by atoms with Crippen molar-refractivity contribution in [3.8, 4) is 11.5 Å². The Hall–Kier alpha value is -1.01. The molecule has 0 amide bonds. The van der Waals surface area contributed by atoms with Gasteiger partial charge in [-0.3, -0.25) is 4.90 Å². The maximum Gasteiger partial charge on any atom is 0.179 e. The summed E-state index contributed by atoms with van der Waals surface area (Å²) in [6.07, 6.45) is 0. The van der Waals surface area contributed by atoms with Crippen LogP contribution in [0.1, 0.15) is 25.5 Å². The van der Waals surface area contributed by atoms with E-state index in [2.05, 4.69) is 17.1 Å². The van der Waals surface area contributed by atoms with Crippen molar-refractivity contribution >= 4 is 11.6 Å². The second kappa shape index (κ2) is 8.02. The molecule has 0 aromatic heterocycles. The first-order chi connectivity index (χ1) is 10.6. The second-order valence-corrected chi connectivity index (χ2v) is 5.86. The molecule has 1 aromatic rings. The molecule has 0 radical (unpaired) electrons. The van der Waals surface area contributed by atoms with Crippen molar-refractivity contribution in [3.63, 3.8) is 0 Å². The largest absolute Gasteiger partial charge is 0.491 e. The first kappa shape index (κ1) is 17.3. The highest BCUT2D eigenvalue weighted by Gasteiger charge is 2.28. The molecule has 0 aliphatic carbocycles. The van der Waals surface area contributed by atoms with Crippen LogP contribution in [-0.4, -0.2) is 56.0 Å². The van der Waals surface area contributed by atoms with Gasteiger partial charge < -0.3 is 19.9 Å². The van der Waals surface area contributed by atoms with Crippen molar-refractivity contribution < 1.29 is 14.6 Å².